The van der Waals surface area contributed by atoms with Crippen LogP contribution in [0.3, 0.4) is 0 Å². The minimum absolute atomic E-state index is 0.0247. The molecule has 1 N–H and O–H groups in total. The predicted molar refractivity (Wildman–Crippen MR) is 112 cm³/mol. The molecular weight excluding hydrogens is 423 g/mol. The molecule has 0 aliphatic carbocycles. The first-order valence-electron chi connectivity index (χ1n) is 10.1. The normalized spacial score (nSPS) is 18.0. The van der Waals surface area contributed by atoms with Crippen LogP contribution >= 0.6 is 0 Å². The highest BCUT2D eigenvalue weighted by atomic mass is 32.2. The van der Waals surface area contributed by atoms with Crippen molar-refractivity contribution in [2.45, 2.75) is 38.1 Å². The van der Waals surface area contributed by atoms with Gasteiger partial charge >= 0.3 is 0 Å². The molecule has 1 amide bonds. The van der Waals surface area contributed by atoms with E-state index in [1.807, 2.05) is 25.1 Å². The van der Waals surface area contributed by atoms with Crippen LogP contribution in [0.15, 0.2) is 41.3 Å². The van der Waals surface area contributed by atoms with E-state index in [1.54, 1.807) is 6.92 Å². The molecular formula is C22H25FN2O5S. The van der Waals surface area contributed by atoms with E-state index in [0.29, 0.717) is 36.4 Å². The molecule has 2 aliphatic rings. The van der Waals surface area contributed by atoms with Crippen LogP contribution in [0.25, 0.3) is 0 Å². The number of rotatable bonds is 5. The highest BCUT2D eigenvalue weighted by molar-refractivity contribution is 7.89. The van der Waals surface area contributed by atoms with Gasteiger partial charge in [0.15, 0.2) is 11.5 Å². The fourth-order valence-electron chi connectivity index (χ4n) is 3.88. The molecule has 1 fully saturated rings. The largest absolute Gasteiger partial charge is 0.454 e. The molecule has 2 aromatic rings. The molecule has 0 spiro atoms. The molecule has 2 heterocycles. The van der Waals surface area contributed by atoms with E-state index < -0.39 is 21.3 Å². The summed E-state index contributed by atoms with van der Waals surface area (Å²) in [7, 11) is -3.82. The van der Waals surface area contributed by atoms with Gasteiger partial charge in [0.05, 0.1) is 4.90 Å². The third-order valence-electron chi connectivity index (χ3n) is 6.03. The van der Waals surface area contributed by atoms with Gasteiger partial charge in [-0.2, -0.15) is 4.31 Å². The number of nitrogens with one attached hydrogen (secondary N) is 1. The molecule has 4 rings (SSSR count). The Morgan fingerprint density at radius 2 is 1.84 bits per heavy atom. The van der Waals surface area contributed by atoms with Crippen LogP contribution < -0.4 is 14.8 Å². The number of carbonyl (C=O) groups excluding carboxylic acids is 1. The average Bonchev–Trinajstić information content (AvgIpc) is 3.22. The van der Waals surface area contributed by atoms with Crippen molar-refractivity contribution in [2.75, 3.05) is 19.9 Å². The van der Waals surface area contributed by atoms with Crippen molar-refractivity contribution in [3.05, 3.63) is 53.3 Å². The Labute approximate surface area is 181 Å². The minimum Gasteiger partial charge on any atom is -0.454 e. The number of carbonyl (C=O) groups is 1. The SMILES string of the molecule is Cc1ccc(F)cc1S(=O)(=O)N1CCC(C)(C(=O)NCc2ccc3c(c2)OCO3)CC1. The third-order valence-corrected chi connectivity index (χ3v) is 8.07. The first-order chi connectivity index (χ1) is 14.7. The summed E-state index contributed by atoms with van der Waals surface area (Å²) < 4.78 is 51.6. The number of hydrogen-bond acceptors (Lipinski definition) is 5. The summed E-state index contributed by atoms with van der Waals surface area (Å²) >= 11 is 0. The minimum atomic E-state index is -3.82. The number of hydrogen-bond donors (Lipinski definition) is 1. The molecule has 7 nitrogen and oxygen atoms in total. The second kappa shape index (κ2) is 8.12. The van der Waals surface area contributed by atoms with E-state index in [1.165, 1.54) is 16.4 Å². The number of aryl methyl sites for hydroxylation is 1. The molecule has 31 heavy (non-hydrogen) atoms. The standard InChI is InChI=1S/C22H25FN2O5S/c1-15-3-5-17(23)12-20(15)31(27,28)25-9-7-22(2,8-10-25)21(26)24-13-16-4-6-18-19(11-16)30-14-29-18/h3-6,11-12H,7-10,13-14H2,1-2H3,(H,24,26). The summed E-state index contributed by atoms with van der Waals surface area (Å²) in [5, 5.41) is 2.95. The number of sulfonamides is 1. The van der Waals surface area contributed by atoms with Gasteiger partial charge in [0.25, 0.3) is 0 Å². The number of ether oxygens (including phenoxy) is 2. The first kappa shape index (κ1) is 21.6. The van der Waals surface area contributed by atoms with E-state index in [9.17, 15) is 17.6 Å². The highest BCUT2D eigenvalue weighted by Crippen LogP contribution is 2.35. The number of fused-ring (bicyclic) bond motifs is 1. The van der Waals surface area contributed by atoms with E-state index in [0.717, 1.165) is 11.6 Å². The van der Waals surface area contributed by atoms with Gasteiger partial charge < -0.3 is 14.8 Å². The lowest BCUT2D eigenvalue weighted by molar-refractivity contribution is -0.132. The van der Waals surface area contributed by atoms with Crippen molar-refractivity contribution in [2.24, 2.45) is 5.41 Å². The summed E-state index contributed by atoms with van der Waals surface area (Å²) in [6.45, 7) is 4.43. The fourth-order valence-corrected chi connectivity index (χ4v) is 5.56. The molecule has 9 heteroatoms. The predicted octanol–water partition coefficient (Wildman–Crippen LogP) is 2.97. The molecule has 0 unspecified atom stereocenters. The maximum Gasteiger partial charge on any atom is 0.243 e. The third kappa shape index (κ3) is 4.24. The second-order valence-electron chi connectivity index (χ2n) is 8.24. The van der Waals surface area contributed by atoms with Gasteiger partial charge in [0, 0.05) is 25.0 Å². The zero-order chi connectivity index (χ0) is 22.2. The van der Waals surface area contributed by atoms with E-state index in [2.05, 4.69) is 5.32 Å². The Morgan fingerprint density at radius 3 is 2.58 bits per heavy atom. The quantitative estimate of drug-likeness (QED) is 0.760. The second-order valence-corrected chi connectivity index (χ2v) is 10.2. The van der Waals surface area contributed by atoms with Gasteiger partial charge in [0.2, 0.25) is 22.7 Å². The lowest BCUT2D eigenvalue weighted by atomic mass is 9.80. The van der Waals surface area contributed by atoms with Crippen molar-refractivity contribution < 1.29 is 27.1 Å². The van der Waals surface area contributed by atoms with Gasteiger partial charge in [-0.1, -0.05) is 19.1 Å². The van der Waals surface area contributed by atoms with Gasteiger partial charge in [-0.05, 0) is 55.2 Å². The number of piperidine rings is 1. The molecule has 166 valence electrons. The van der Waals surface area contributed by atoms with Crippen LogP contribution in [0.1, 0.15) is 30.9 Å². The van der Waals surface area contributed by atoms with Gasteiger partial charge in [0.1, 0.15) is 5.82 Å². The van der Waals surface area contributed by atoms with Crippen LogP contribution in [0, 0.1) is 18.2 Å². The molecule has 0 bridgehead atoms. The summed E-state index contributed by atoms with van der Waals surface area (Å²) in [6.07, 6.45) is 0.765. The molecule has 1 saturated heterocycles. The fraction of sp³-hybridized carbons (Fsp3) is 0.409. The molecule has 2 aliphatic heterocycles. The molecule has 0 radical (unpaired) electrons. The summed E-state index contributed by atoms with van der Waals surface area (Å²) in [6, 6.07) is 9.26. The van der Waals surface area contributed by atoms with Crippen molar-refractivity contribution >= 4 is 15.9 Å². The van der Waals surface area contributed by atoms with Gasteiger partial charge in [-0.15, -0.1) is 0 Å². The van der Waals surface area contributed by atoms with Crippen LogP contribution in [-0.2, 0) is 21.4 Å². The Kier molecular flexibility index (Phi) is 5.65. The van der Waals surface area contributed by atoms with Crippen LogP contribution in [0.2, 0.25) is 0 Å². The number of benzene rings is 2. The number of halogens is 1. The average molecular weight is 449 g/mol. The van der Waals surface area contributed by atoms with Crippen molar-refractivity contribution in [1.29, 1.82) is 0 Å². The van der Waals surface area contributed by atoms with Gasteiger partial charge in [-0.25, -0.2) is 12.8 Å². The van der Waals surface area contributed by atoms with Crippen LogP contribution in [0.4, 0.5) is 4.39 Å². The Bertz CT molecular complexity index is 1110. The van der Waals surface area contributed by atoms with E-state index >= 15 is 0 Å². The highest BCUT2D eigenvalue weighted by Gasteiger charge is 2.40. The van der Waals surface area contributed by atoms with Crippen molar-refractivity contribution in [1.82, 2.24) is 9.62 Å². The first-order valence-corrected chi connectivity index (χ1v) is 11.6. The zero-order valence-corrected chi connectivity index (χ0v) is 18.3. The molecule has 2 aromatic carbocycles. The summed E-state index contributed by atoms with van der Waals surface area (Å²) in [4.78, 5) is 12.8. The lowest BCUT2D eigenvalue weighted by Crippen LogP contribution is -2.48. The van der Waals surface area contributed by atoms with Gasteiger partial charge in [-0.3, -0.25) is 4.79 Å². The molecule has 0 atom stereocenters. The van der Waals surface area contributed by atoms with Crippen LogP contribution in [0.5, 0.6) is 11.5 Å². The smallest absolute Gasteiger partial charge is 0.243 e. The Balaban J connectivity index is 1.38. The monoisotopic (exact) mass is 448 g/mol. The topological polar surface area (TPSA) is 84.9 Å². The molecule has 0 aromatic heterocycles. The van der Waals surface area contributed by atoms with E-state index in [4.69, 9.17) is 9.47 Å². The van der Waals surface area contributed by atoms with Crippen molar-refractivity contribution in [3.63, 3.8) is 0 Å². The Morgan fingerprint density at radius 1 is 1.13 bits per heavy atom. The summed E-state index contributed by atoms with van der Waals surface area (Å²) in [5.74, 6) is 0.631. The molecule has 0 saturated carbocycles. The number of nitrogens with zero attached hydrogens (tertiary/aromatic N) is 1. The maximum atomic E-state index is 13.6. The summed E-state index contributed by atoms with van der Waals surface area (Å²) in [5.41, 5.74) is 0.707. The van der Waals surface area contributed by atoms with E-state index in [-0.39, 0.29) is 30.7 Å². The lowest BCUT2D eigenvalue weighted by Gasteiger charge is -2.37. The number of amides is 1. The van der Waals surface area contributed by atoms with Crippen molar-refractivity contribution in [3.8, 4) is 11.5 Å². The van der Waals surface area contributed by atoms with Crippen LogP contribution in [-0.4, -0.2) is 38.5 Å². The maximum absolute atomic E-state index is 13.6. The zero-order valence-electron chi connectivity index (χ0n) is 17.5. The Hall–Kier alpha value is -2.65.